The van der Waals surface area contributed by atoms with E-state index in [4.69, 9.17) is 14.2 Å². The summed E-state index contributed by atoms with van der Waals surface area (Å²) in [5, 5.41) is 5.60. The van der Waals surface area contributed by atoms with E-state index in [2.05, 4.69) is 10.6 Å². The molecule has 1 aliphatic heterocycles. The first kappa shape index (κ1) is 13.5. The monoisotopic (exact) mass is 266 g/mol. The van der Waals surface area contributed by atoms with Crippen molar-refractivity contribution in [3.8, 4) is 17.2 Å². The quantitative estimate of drug-likeness (QED) is 0.802. The van der Waals surface area contributed by atoms with Crippen LogP contribution < -0.4 is 24.8 Å². The molecule has 0 saturated carbocycles. The Morgan fingerprint density at radius 2 is 2.16 bits per heavy atom. The molecule has 0 saturated heterocycles. The summed E-state index contributed by atoms with van der Waals surface area (Å²) >= 11 is 0. The van der Waals surface area contributed by atoms with E-state index in [1.165, 1.54) is 0 Å². The second-order valence-electron chi connectivity index (χ2n) is 4.10. The summed E-state index contributed by atoms with van der Waals surface area (Å²) in [6.07, 6.45) is 0. The molecule has 0 bridgehead atoms. The van der Waals surface area contributed by atoms with Crippen LogP contribution in [0.4, 0.5) is 0 Å². The molecular formula is C13H18N2O4. The highest BCUT2D eigenvalue weighted by molar-refractivity contribution is 5.77. The molecule has 0 spiro atoms. The maximum absolute atomic E-state index is 11.1. The number of hydrogen-bond acceptors (Lipinski definition) is 5. The van der Waals surface area contributed by atoms with Crippen molar-refractivity contribution in [3.05, 3.63) is 17.7 Å². The van der Waals surface area contributed by atoms with Crippen LogP contribution in [-0.4, -0.2) is 39.8 Å². The Bertz CT molecular complexity index is 445. The van der Waals surface area contributed by atoms with E-state index in [-0.39, 0.29) is 12.5 Å². The third-order valence-corrected chi connectivity index (χ3v) is 2.78. The predicted octanol–water partition coefficient (Wildman–Crippen LogP) is 0.302. The van der Waals surface area contributed by atoms with Gasteiger partial charge in [0, 0.05) is 13.6 Å². The van der Waals surface area contributed by atoms with Gasteiger partial charge in [-0.25, -0.2) is 0 Å². The van der Waals surface area contributed by atoms with Crippen molar-refractivity contribution in [2.75, 3.05) is 33.9 Å². The third-order valence-electron chi connectivity index (χ3n) is 2.78. The highest BCUT2D eigenvalue weighted by Crippen LogP contribution is 2.40. The maximum atomic E-state index is 11.1. The molecular weight excluding hydrogens is 248 g/mol. The minimum atomic E-state index is -0.0514. The largest absolute Gasteiger partial charge is 0.493 e. The van der Waals surface area contributed by atoms with Crippen LogP contribution >= 0.6 is 0 Å². The smallest absolute Gasteiger partial charge is 0.233 e. The average molecular weight is 266 g/mol. The van der Waals surface area contributed by atoms with Crippen LogP contribution in [0.15, 0.2) is 12.1 Å². The molecule has 104 valence electrons. The van der Waals surface area contributed by atoms with Crippen molar-refractivity contribution >= 4 is 5.91 Å². The first-order valence-corrected chi connectivity index (χ1v) is 6.12. The van der Waals surface area contributed by atoms with Gasteiger partial charge in [-0.3, -0.25) is 4.79 Å². The topological polar surface area (TPSA) is 68.8 Å². The average Bonchev–Trinajstić information content (AvgIpc) is 2.46. The van der Waals surface area contributed by atoms with Gasteiger partial charge in [0.2, 0.25) is 11.7 Å². The van der Waals surface area contributed by atoms with Crippen LogP contribution in [0.5, 0.6) is 17.2 Å². The number of amides is 1. The zero-order valence-electron chi connectivity index (χ0n) is 11.1. The van der Waals surface area contributed by atoms with Crippen LogP contribution in [0, 0.1) is 0 Å². The Morgan fingerprint density at radius 3 is 2.89 bits per heavy atom. The number of ether oxygens (including phenoxy) is 3. The second kappa shape index (κ2) is 6.29. The summed E-state index contributed by atoms with van der Waals surface area (Å²) in [6.45, 7) is 1.89. The Labute approximate surface area is 112 Å². The Hall–Kier alpha value is -1.95. The normalized spacial score (nSPS) is 12.9. The predicted molar refractivity (Wildman–Crippen MR) is 69.8 cm³/mol. The third kappa shape index (κ3) is 3.29. The maximum Gasteiger partial charge on any atom is 0.233 e. The van der Waals surface area contributed by atoms with Crippen LogP contribution in [-0.2, 0) is 11.3 Å². The molecule has 6 heteroatoms. The Morgan fingerprint density at radius 1 is 1.37 bits per heavy atom. The zero-order chi connectivity index (χ0) is 13.7. The summed E-state index contributed by atoms with van der Waals surface area (Å²) in [6, 6.07) is 3.78. The molecule has 1 aliphatic rings. The van der Waals surface area contributed by atoms with Crippen molar-refractivity contribution in [2.45, 2.75) is 6.54 Å². The lowest BCUT2D eigenvalue weighted by molar-refractivity contribution is -0.119. The van der Waals surface area contributed by atoms with Gasteiger partial charge in [-0.15, -0.1) is 0 Å². The molecule has 2 N–H and O–H groups in total. The van der Waals surface area contributed by atoms with Gasteiger partial charge in [0.1, 0.15) is 13.2 Å². The second-order valence-corrected chi connectivity index (χ2v) is 4.10. The Kier molecular flexibility index (Phi) is 4.46. The van der Waals surface area contributed by atoms with E-state index in [1.54, 1.807) is 14.2 Å². The van der Waals surface area contributed by atoms with Crippen molar-refractivity contribution in [3.63, 3.8) is 0 Å². The van der Waals surface area contributed by atoms with E-state index >= 15 is 0 Å². The van der Waals surface area contributed by atoms with Crippen molar-refractivity contribution < 1.29 is 19.0 Å². The number of rotatable bonds is 5. The lowest BCUT2D eigenvalue weighted by Gasteiger charge is -2.21. The number of benzene rings is 1. The summed E-state index contributed by atoms with van der Waals surface area (Å²) in [5.74, 6) is 1.92. The van der Waals surface area contributed by atoms with Gasteiger partial charge in [-0.2, -0.15) is 0 Å². The lowest BCUT2D eigenvalue weighted by Crippen LogP contribution is -2.31. The minimum absolute atomic E-state index is 0.0514. The molecule has 1 heterocycles. The molecule has 0 unspecified atom stereocenters. The number of hydrogen-bond donors (Lipinski definition) is 2. The molecule has 1 amide bonds. The highest BCUT2D eigenvalue weighted by Gasteiger charge is 2.18. The summed E-state index contributed by atoms with van der Waals surface area (Å²) in [4.78, 5) is 11.1. The molecule has 0 aromatic heterocycles. The molecule has 1 aromatic rings. The fraction of sp³-hybridized carbons (Fsp3) is 0.462. The summed E-state index contributed by atoms with van der Waals surface area (Å²) in [7, 11) is 3.20. The molecule has 6 nitrogen and oxygen atoms in total. The fourth-order valence-corrected chi connectivity index (χ4v) is 1.84. The molecule has 0 fully saturated rings. The number of methoxy groups -OCH3 is 1. The molecule has 19 heavy (non-hydrogen) atoms. The zero-order valence-corrected chi connectivity index (χ0v) is 11.1. The van der Waals surface area contributed by atoms with Crippen molar-refractivity contribution in [1.29, 1.82) is 0 Å². The van der Waals surface area contributed by atoms with Gasteiger partial charge in [-0.05, 0) is 17.7 Å². The van der Waals surface area contributed by atoms with E-state index in [0.29, 0.717) is 37.0 Å². The van der Waals surface area contributed by atoms with E-state index in [0.717, 1.165) is 5.56 Å². The Balaban J connectivity index is 2.07. The van der Waals surface area contributed by atoms with Crippen LogP contribution in [0.1, 0.15) is 5.56 Å². The SMILES string of the molecule is CNC(=O)CNCc1cc(OC)c2c(c1)OCCO2. The molecule has 0 radical (unpaired) electrons. The number of carbonyl (C=O) groups is 1. The van der Waals surface area contributed by atoms with E-state index in [9.17, 15) is 4.79 Å². The van der Waals surface area contributed by atoms with Crippen molar-refractivity contribution in [2.24, 2.45) is 0 Å². The molecule has 0 aliphatic carbocycles. The number of fused-ring (bicyclic) bond motifs is 1. The molecule has 0 atom stereocenters. The lowest BCUT2D eigenvalue weighted by atomic mass is 10.1. The number of likely N-dealkylation sites (N-methyl/N-ethyl adjacent to an activating group) is 1. The highest BCUT2D eigenvalue weighted by atomic mass is 16.6. The van der Waals surface area contributed by atoms with Gasteiger partial charge in [0.25, 0.3) is 0 Å². The van der Waals surface area contributed by atoms with Crippen molar-refractivity contribution in [1.82, 2.24) is 10.6 Å². The first-order valence-electron chi connectivity index (χ1n) is 6.12. The van der Waals surface area contributed by atoms with Gasteiger partial charge in [0.15, 0.2) is 11.5 Å². The fourth-order valence-electron chi connectivity index (χ4n) is 1.84. The number of nitrogens with one attached hydrogen (secondary N) is 2. The van der Waals surface area contributed by atoms with Gasteiger partial charge in [0.05, 0.1) is 13.7 Å². The van der Waals surface area contributed by atoms with Gasteiger partial charge in [-0.1, -0.05) is 0 Å². The van der Waals surface area contributed by atoms with Gasteiger partial charge < -0.3 is 24.8 Å². The first-order chi connectivity index (χ1) is 9.24. The van der Waals surface area contributed by atoms with Gasteiger partial charge >= 0.3 is 0 Å². The number of carbonyl (C=O) groups excluding carboxylic acids is 1. The van der Waals surface area contributed by atoms with Crippen LogP contribution in [0.3, 0.4) is 0 Å². The van der Waals surface area contributed by atoms with E-state index in [1.807, 2.05) is 12.1 Å². The standard InChI is InChI=1S/C13H18N2O4/c1-14-12(16)8-15-7-9-5-10(17-2)13-11(6-9)18-3-4-19-13/h5-6,15H,3-4,7-8H2,1-2H3,(H,14,16). The van der Waals surface area contributed by atoms with Crippen LogP contribution in [0.25, 0.3) is 0 Å². The molecule has 2 rings (SSSR count). The van der Waals surface area contributed by atoms with Crippen LogP contribution in [0.2, 0.25) is 0 Å². The van der Waals surface area contributed by atoms with E-state index < -0.39 is 0 Å². The minimum Gasteiger partial charge on any atom is -0.493 e. The summed E-state index contributed by atoms with van der Waals surface area (Å²) in [5.41, 5.74) is 0.977. The summed E-state index contributed by atoms with van der Waals surface area (Å²) < 4.78 is 16.4. The molecule has 1 aromatic carbocycles.